The molecule has 1 aromatic heterocycles. The minimum absolute atomic E-state index is 0. The Kier molecular flexibility index (Phi) is 6.96. The summed E-state index contributed by atoms with van der Waals surface area (Å²) < 4.78 is 25.6. The lowest BCUT2D eigenvalue weighted by atomic mass is 10.4. The monoisotopic (exact) mass is 299 g/mol. The van der Waals surface area contributed by atoms with Crippen molar-refractivity contribution in [3.8, 4) is 0 Å². The molecule has 0 aliphatic carbocycles. The van der Waals surface area contributed by atoms with E-state index < -0.39 is 10.0 Å². The van der Waals surface area contributed by atoms with Crippen LogP contribution < -0.4 is 5.32 Å². The smallest absolute Gasteiger partial charge is 0.244 e. The number of aromatic nitrogens is 1. The molecule has 1 aliphatic heterocycles. The average molecular weight is 300 g/mol. The van der Waals surface area contributed by atoms with Crippen molar-refractivity contribution < 1.29 is 8.42 Å². The number of nitrogens with one attached hydrogen (secondary N) is 1. The first kappa shape index (κ1) is 16.6. The van der Waals surface area contributed by atoms with Crippen LogP contribution in [0.5, 0.6) is 0 Å². The van der Waals surface area contributed by atoms with Crippen LogP contribution in [0.2, 0.25) is 0 Å². The van der Waals surface area contributed by atoms with E-state index in [9.17, 15) is 8.42 Å². The summed E-state index contributed by atoms with van der Waals surface area (Å²) in [6.45, 7) is 2.47. The van der Waals surface area contributed by atoms with Crippen LogP contribution in [0.1, 0.15) is 0 Å². The minimum Gasteiger partial charge on any atom is -0.314 e. The molecule has 0 amide bonds. The van der Waals surface area contributed by atoms with Crippen LogP contribution in [0.3, 0.4) is 0 Å². The Morgan fingerprint density at radius 1 is 1.24 bits per heavy atom. The van der Waals surface area contributed by atoms with Gasteiger partial charge in [-0.3, -0.25) is 4.98 Å². The summed E-state index contributed by atoms with van der Waals surface area (Å²) in [4.78, 5) is 4.09. The molecule has 0 radical (unpaired) electrons. The fraction of sp³-hybridized carbons (Fsp3) is 0.444. The summed E-state index contributed by atoms with van der Waals surface area (Å²) in [6.07, 6.45) is 2.95. The third-order valence-corrected chi connectivity index (χ3v) is 4.23. The number of halogens is 2. The van der Waals surface area contributed by atoms with Crippen LogP contribution in [0.25, 0.3) is 0 Å². The van der Waals surface area contributed by atoms with Gasteiger partial charge in [-0.1, -0.05) is 0 Å². The molecule has 1 fully saturated rings. The van der Waals surface area contributed by atoms with Crippen molar-refractivity contribution in [2.45, 2.75) is 4.90 Å². The van der Waals surface area contributed by atoms with E-state index in [0.29, 0.717) is 26.2 Å². The van der Waals surface area contributed by atoms with E-state index in [4.69, 9.17) is 0 Å². The third-order valence-electron chi connectivity index (χ3n) is 2.35. The Hall–Kier alpha value is -0.400. The van der Waals surface area contributed by atoms with Crippen molar-refractivity contribution in [1.82, 2.24) is 14.6 Å². The molecular formula is C9H15Cl2N3O2S. The lowest BCUT2D eigenvalue weighted by Gasteiger charge is -2.26. The molecule has 2 rings (SSSR count). The minimum atomic E-state index is -3.33. The second-order valence-electron chi connectivity index (χ2n) is 3.34. The van der Waals surface area contributed by atoms with E-state index in [1.165, 1.54) is 10.5 Å². The zero-order chi connectivity index (χ0) is 10.7. The van der Waals surface area contributed by atoms with Gasteiger partial charge in [0.25, 0.3) is 0 Å². The van der Waals surface area contributed by atoms with E-state index in [1.54, 1.807) is 18.3 Å². The molecule has 0 spiro atoms. The van der Waals surface area contributed by atoms with Gasteiger partial charge in [0.15, 0.2) is 0 Å². The van der Waals surface area contributed by atoms with Crippen LogP contribution in [0.4, 0.5) is 0 Å². The molecule has 1 N–H and O–H groups in total. The van der Waals surface area contributed by atoms with E-state index >= 15 is 0 Å². The highest BCUT2D eigenvalue weighted by molar-refractivity contribution is 7.89. The number of hydrogen-bond acceptors (Lipinski definition) is 4. The molecule has 17 heavy (non-hydrogen) atoms. The molecule has 1 aliphatic rings. The van der Waals surface area contributed by atoms with Gasteiger partial charge >= 0.3 is 0 Å². The number of pyridine rings is 1. The Balaban J connectivity index is 0.00000128. The largest absolute Gasteiger partial charge is 0.314 e. The molecule has 0 saturated carbocycles. The van der Waals surface area contributed by atoms with E-state index in [2.05, 4.69) is 10.3 Å². The van der Waals surface area contributed by atoms with Crippen LogP contribution in [0, 0.1) is 0 Å². The average Bonchev–Trinajstić information content (AvgIpc) is 2.31. The molecule has 0 unspecified atom stereocenters. The molecule has 0 bridgehead atoms. The van der Waals surface area contributed by atoms with Crippen LogP contribution in [-0.2, 0) is 10.0 Å². The van der Waals surface area contributed by atoms with Crippen LogP contribution >= 0.6 is 24.8 Å². The van der Waals surface area contributed by atoms with Gasteiger partial charge < -0.3 is 5.32 Å². The van der Waals surface area contributed by atoms with Crippen LogP contribution in [-0.4, -0.2) is 43.9 Å². The molecule has 0 atom stereocenters. The van der Waals surface area contributed by atoms with Gasteiger partial charge in [0.2, 0.25) is 10.0 Å². The Bertz CT molecular complexity index is 421. The van der Waals surface area contributed by atoms with Gasteiger partial charge in [-0.15, -0.1) is 24.8 Å². The molecular weight excluding hydrogens is 285 g/mol. The van der Waals surface area contributed by atoms with Crippen molar-refractivity contribution >= 4 is 34.8 Å². The fourth-order valence-corrected chi connectivity index (χ4v) is 2.94. The molecule has 98 valence electrons. The zero-order valence-electron chi connectivity index (χ0n) is 9.07. The Morgan fingerprint density at radius 3 is 2.41 bits per heavy atom. The van der Waals surface area contributed by atoms with Gasteiger partial charge in [-0.2, -0.15) is 4.31 Å². The van der Waals surface area contributed by atoms with E-state index in [1.807, 2.05) is 0 Å². The lowest BCUT2D eigenvalue weighted by Crippen LogP contribution is -2.46. The van der Waals surface area contributed by atoms with E-state index in [0.717, 1.165) is 0 Å². The highest BCUT2D eigenvalue weighted by Crippen LogP contribution is 2.13. The summed E-state index contributed by atoms with van der Waals surface area (Å²) >= 11 is 0. The van der Waals surface area contributed by atoms with Gasteiger partial charge in [0, 0.05) is 38.6 Å². The first-order valence-corrected chi connectivity index (χ1v) is 6.26. The normalized spacial score (nSPS) is 16.7. The van der Waals surface area contributed by atoms with Gasteiger partial charge in [0.05, 0.1) is 0 Å². The fourth-order valence-electron chi connectivity index (χ4n) is 1.53. The predicted octanol–water partition coefficient (Wildman–Crippen LogP) is 0.519. The van der Waals surface area contributed by atoms with Crippen molar-refractivity contribution in [3.05, 3.63) is 24.5 Å². The quantitative estimate of drug-likeness (QED) is 0.865. The molecule has 0 aromatic carbocycles. The number of piperazine rings is 1. The molecule has 1 saturated heterocycles. The molecule has 5 nitrogen and oxygen atoms in total. The molecule has 2 heterocycles. The first-order valence-electron chi connectivity index (χ1n) is 4.82. The van der Waals surface area contributed by atoms with Gasteiger partial charge in [-0.25, -0.2) is 8.42 Å². The maximum atomic E-state index is 12.0. The maximum absolute atomic E-state index is 12.0. The van der Waals surface area contributed by atoms with Crippen molar-refractivity contribution in [1.29, 1.82) is 0 Å². The first-order chi connectivity index (χ1) is 7.21. The number of hydrogen-bond donors (Lipinski definition) is 1. The van der Waals surface area contributed by atoms with Gasteiger partial charge in [-0.05, 0) is 12.1 Å². The second-order valence-corrected chi connectivity index (χ2v) is 5.28. The third kappa shape index (κ3) is 3.79. The highest BCUT2D eigenvalue weighted by atomic mass is 35.5. The number of sulfonamides is 1. The molecule has 1 aromatic rings. The predicted molar refractivity (Wildman–Crippen MR) is 70.4 cm³/mol. The summed E-state index contributed by atoms with van der Waals surface area (Å²) in [7, 11) is -3.33. The summed E-state index contributed by atoms with van der Waals surface area (Å²) in [5.41, 5.74) is 0. The Labute approximate surface area is 113 Å². The van der Waals surface area contributed by atoms with Crippen molar-refractivity contribution in [2.24, 2.45) is 0 Å². The SMILES string of the molecule is Cl.Cl.O=S(=O)(c1cccnc1)N1CCNCC1. The lowest BCUT2D eigenvalue weighted by molar-refractivity contribution is 0.360. The Morgan fingerprint density at radius 2 is 1.88 bits per heavy atom. The highest BCUT2D eigenvalue weighted by Gasteiger charge is 2.25. The zero-order valence-corrected chi connectivity index (χ0v) is 11.5. The topological polar surface area (TPSA) is 62.3 Å². The molecule has 8 heteroatoms. The number of nitrogens with zero attached hydrogens (tertiary/aromatic N) is 2. The van der Waals surface area contributed by atoms with E-state index in [-0.39, 0.29) is 29.7 Å². The maximum Gasteiger partial charge on any atom is 0.244 e. The summed E-state index contributed by atoms with van der Waals surface area (Å²) in [6, 6.07) is 3.21. The summed E-state index contributed by atoms with van der Waals surface area (Å²) in [5.74, 6) is 0. The number of rotatable bonds is 2. The summed E-state index contributed by atoms with van der Waals surface area (Å²) in [5, 5.41) is 3.12. The van der Waals surface area contributed by atoms with Crippen molar-refractivity contribution in [3.63, 3.8) is 0 Å². The standard InChI is InChI=1S/C9H13N3O2S.2ClH/c13-15(14,9-2-1-3-11-8-9)12-6-4-10-5-7-12;;/h1-3,8,10H,4-7H2;2*1H. The second kappa shape index (κ2) is 7.13. The van der Waals surface area contributed by atoms with Crippen LogP contribution in [0.15, 0.2) is 29.4 Å². The van der Waals surface area contributed by atoms with Crippen molar-refractivity contribution in [2.75, 3.05) is 26.2 Å². The van der Waals surface area contributed by atoms with Gasteiger partial charge in [0.1, 0.15) is 4.90 Å².